The summed E-state index contributed by atoms with van der Waals surface area (Å²) in [5.41, 5.74) is 1.10. The van der Waals surface area contributed by atoms with Crippen molar-refractivity contribution < 1.29 is 9.84 Å². The van der Waals surface area contributed by atoms with Crippen LogP contribution in [0, 0.1) is 6.92 Å². The van der Waals surface area contributed by atoms with Crippen molar-refractivity contribution in [2.24, 2.45) is 0 Å². The first-order valence-corrected chi connectivity index (χ1v) is 3.92. The minimum Gasteiger partial charge on any atom is -0.475 e. The molecule has 1 N–H and O–H groups in total. The summed E-state index contributed by atoms with van der Waals surface area (Å²) in [4.78, 5) is 4.02. The van der Waals surface area contributed by atoms with Crippen molar-refractivity contribution in [3.63, 3.8) is 0 Å². The van der Waals surface area contributed by atoms with Crippen molar-refractivity contribution in [3.8, 4) is 5.88 Å². The predicted octanol–water partition coefficient (Wildman–Crippen LogP) is 1.15. The van der Waals surface area contributed by atoms with E-state index >= 15 is 0 Å². The van der Waals surface area contributed by atoms with E-state index in [0.29, 0.717) is 5.88 Å². The van der Waals surface area contributed by atoms with Gasteiger partial charge in [-0.3, -0.25) is 0 Å². The Morgan fingerprint density at radius 2 is 2.33 bits per heavy atom. The molecule has 0 aliphatic heterocycles. The number of aliphatic hydroxyl groups is 1. The molecule has 1 heterocycles. The van der Waals surface area contributed by atoms with Gasteiger partial charge >= 0.3 is 0 Å². The Morgan fingerprint density at radius 1 is 1.58 bits per heavy atom. The van der Waals surface area contributed by atoms with Crippen LogP contribution in [-0.2, 0) is 0 Å². The molecule has 3 nitrogen and oxygen atoms in total. The van der Waals surface area contributed by atoms with Gasteiger partial charge in [-0.05, 0) is 19.4 Å². The number of pyridine rings is 1. The van der Waals surface area contributed by atoms with Gasteiger partial charge in [0.2, 0.25) is 5.88 Å². The summed E-state index contributed by atoms with van der Waals surface area (Å²) < 4.78 is 5.16. The van der Waals surface area contributed by atoms with Crippen molar-refractivity contribution >= 4 is 0 Å². The third-order valence-corrected chi connectivity index (χ3v) is 1.36. The highest BCUT2D eigenvalue weighted by Crippen LogP contribution is 2.06. The topological polar surface area (TPSA) is 42.4 Å². The van der Waals surface area contributed by atoms with Gasteiger partial charge in [-0.1, -0.05) is 6.07 Å². The van der Waals surface area contributed by atoms with Gasteiger partial charge < -0.3 is 9.84 Å². The quantitative estimate of drug-likeness (QED) is 0.734. The number of hydrogen-bond acceptors (Lipinski definition) is 3. The highest BCUT2D eigenvalue weighted by atomic mass is 16.5. The minimum absolute atomic E-state index is 0.288. The first-order chi connectivity index (χ1) is 5.68. The smallest absolute Gasteiger partial charge is 0.213 e. The van der Waals surface area contributed by atoms with Crippen LogP contribution in [0.3, 0.4) is 0 Å². The van der Waals surface area contributed by atoms with Gasteiger partial charge in [0.05, 0.1) is 6.10 Å². The first kappa shape index (κ1) is 9.00. The third kappa shape index (κ3) is 2.88. The molecule has 0 saturated heterocycles. The fourth-order valence-corrected chi connectivity index (χ4v) is 0.746. The largest absolute Gasteiger partial charge is 0.475 e. The van der Waals surface area contributed by atoms with Crippen molar-refractivity contribution in [2.45, 2.75) is 20.0 Å². The summed E-state index contributed by atoms with van der Waals surface area (Å²) in [5.74, 6) is 0.557. The van der Waals surface area contributed by atoms with E-state index in [-0.39, 0.29) is 6.61 Å². The van der Waals surface area contributed by atoms with Crippen LogP contribution >= 0.6 is 0 Å². The molecule has 0 amide bonds. The van der Waals surface area contributed by atoms with E-state index in [0.717, 1.165) is 5.56 Å². The van der Waals surface area contributed by atoms with Crippen LogP contribution in [0.4, 0.5) is 0 Å². The Balaban J connectivity index is 2.48. The number of aliphatic hydroxyl groups excluding tert-OH is 1. The van der Waals surface area contributed by atoms with Gasteiger partial charge in [-0.15, -0.1) is 0 Å². The van der Waals surface area contributed by atoms with Gasteiger partial charge in [0.15, 0.2) is 0 Å². The Morgan fingerprint density at radius 3 is 2.83 bits per heavy atom. The van der Waals surface area contributed by atoms with E-state index in [1.807, 2.05) is 13.0 Å². The molecule has 0 spiro atoms. The van der Waals surface area contributed by atoms with E-state index in [2.05, 4.69) is 4.98 Å². The second-order valence-electron chi connectivity index (χ2n) is 2.83. The van der Waals surface area contributed by atoms with Crippen LogP contribution in [0.1, 0.15) is 12.5 Å². The summed E-state index contributed by atoms with van der Waals surface area (Å²) in [6.45, 7) is 3.93. The zero-order valence-electron chi connectivity index (χ0n) is 7.32. The van der Waals surface area contributed by atoms with E-state index < -0.39 is 6.10 Å². The number of ether oxygens (including phenoxy) is 1. The number of aromatic nitrogens is 1. The molecular formula is C9H13NO2. The maximum atomic E-state index is 8.92. The van der Waals surface area contributed by atoms with Crippen molar-refractivity contribution in [3.05, 3.63) is 23.9 Å². The van der Waals surface area contributed by atoms with Crippen LogP contribution < -0.4 is 4.74 Å². The molecule has 1 aromatic heterocycles. The lowest BCUT2D eigenvalue weighted by atomic mass is 10.3. The Kier molecular flexibility index (Phi) is 3.05. The molecule has 0 aliphatic carbocycles. The lowest BCUT2D eigenvalue weighted by Gasteiger charge is -2.06. The monoisotopic (exact) mass is 167 g/mol. The van der Waals surface area contributed by atoms with Crippen LogP contribution in [-0.4, -0.2) is 22.8 Å². The molecule has 3 heteroatoms. The molecule has 66 valence electrons. The van der Waals surface area contributed by atoms with Crippen LogP contribution in [0.15, 0.2) is 18.3 Å². The molecule has 0 fully saturated rings. The summed E-state index contributed by atoms with van der Waals surface area (Å²) in [6, 6.07) is 3.71. The second-order valence-corrected chi connectivity index (χ2v) is 2.83. The molecule has 0 aliphatic rings. The van der Waals surface area contributed by atoms with Gasteiger partial charge in [0.25, 0.3) is 0 Å². The Labute approximate surface area is 72.0 Å². The molecule has 1 aromatic rings. The van der Waals surface area contributed by atoms with Crippen molar-refractivity contribution in [2.75, 3.05) is 6.61 Å². The van der Waals surface area contributed by atoms with E-state index in [4.69, 9.17) is 9.84 Å². The molecule has 1 atom stereocenters. The minimum atomic E-state index is -0.451. The van der Waals surface area contributed by atoms with E-state index in [9.17, 15) is 0 Å². The van der Waals surface area contributed by atoms with E-state index in [1.165, 1.54) is 0 Å². The van der Waals surface area contributed by atoms with Gasteiger partial charge in [-0.25, -0.2) is 4.98 Å². The number of nitrogens with zero attached hydrogens (tertiary/aromatic N) is 1. The summed E-state index contributed by atoms with van der Waals surface area (Å²) in [7, 11) is 0. The zero-order valence-corrected chi connectivity index (χ0v) is 7.32. The lowest BCUT2D eigenvalue weighted by molar-refractivity contribution is 0.120. The molecule has 1 unspecified atom stereocenters. The highest BCUT2D eigenvalue weighted by molar-refractivity contribution is 5.16. The molecule has 0 bridgehead atoms. The zero-order chi connectivity index (χ0) is 8.97. The van der Waals surface area contributed by atoms with Crippen LogP contribution in [0.25, 0.3) is 0 Å². The lowest BCUT2D eigenvalue weighted by Crippen LogP contribution is -2.13. The number of aryl methyl sites for hydroxylation is 1. The van der Waals surface area contributed by atoms with Gasteiger partial charge in [0.1, 0.15) is 6.61 Å². The number of hydrogen-bond donors (Lipinski definition) is 1. The van der Waals surface area contributed by atoms with Gasteiger partial charge in [0, 0.05) is 12.3 Å². The second kappa shape index (κ2) is 4.07. The average Bonchev–Trinajstić information content (AvgIpc) is 2.03. The summed E-state index contributed by atoms with van der Waals surface area (Å²) in [5, 5.41) is 8.92. The molecule has 0 aromatic carbocycles. The highest BCUT2D eigenvalue weighted by Gasteiger charge is 1.97. The van der Waals surface area contributed by atoms with Gasteiger partial charge in [-0.2, -0.15) is 0 Å². The van der Waals surface area contributed by atoms with Crippen LogP contribution in [0.5, 0.6) is 5.88 Å². The maximum Gasteiger partial charge on any atom is 0.213 e. The average molecular weight is 167 g/mol. The van der Waals surface area contributed by atoms with Crippen molar-refractivity contribution in [1.82, 2.24) is 4.98 Å². The van der Waals surface area contributed by atoms with Crippen molar-refractivity contribution in [1.29, 1.82) is 0 Å². The first-order valence-electron chi connectivity index (χ1n) is 3.92. The maximum absolute atomic E-state index is 8.92. The summed E-state index contributed by atoms with van der Waals surface area (Å²) >= 11 is 0. The molecule has 0 radical (unpaired) electrons. The molecule has 1 rings (SSSR count). The molecule has 12 heavy (non-hydrogen) atoms. The SMILES string of the molecule is Cc1ccc(OCC(C)O)nc1. The Hall–Kier alpha value is -1.09. The Bertz CT molecular complexity index is 231. The van der Waals surface area contributed by atoms with E-state index in [1.54, 1.807) is 19.2 Å². The fourth-order valence-electron chi connectivity index (χ4n) is 0.746. The standard InChI is InChI=1S/C9H13NO2/c1-7-3-4-9(10-5-7)12-6-8(2)11/h3-5,8,11H,6H2,1-2H3. The molecule has 0 saturated carbocycles. The fraction of sp³-hybridized carbons (Fsp3) is 0.444. The molecular weight excluding hydrogens is 154 g/mol. The third-order valence-electron chi connectivity index (χ3n) is 1.36. The summed E-state index contributed by atoms with van der Waals surface area (Å²) in [6.07, 6.45) is 1.28. The normalized spacial score (nSPS) is 12.6. The van der Waals surface area contributed by atoms with Crippen LogP contribution in [0.2, 0.25) is 0 Å². The predicted molar refractivity (Wildman–Crippen MR) is 46.1 cm³/mol. The number of rotatable bonds is 3.